The van der Waals surface area contributed by atoms with Gasteiger partial charge in [0.2, 0.25) is 0 Å². The SMILES string of the molecule is CCOC1(C(N)c2c(Br)cnn2CC)CCC(C)(C)CC1. The molecule has 2 N–H and O–H groups in total. The molecule has 4 nitrogen and oxygen atoms in total. The van der Waals surface area contributed by atoms with Gasteiger partial charge < -0.3 is 10.5 Å². The second-order valence-corrected chi connectivity index (χ2v) is 7.69. The van der Waals surface area contributed by atoms with E-state index in [1.807, 2.05) is 10.9 Å². The van der Waals surface area contributed by atoms with Gasteiger partial charge in [0, 0.05) is 13.2 Å². The van der Waals surface area contributed by atoms with Crippen LogP contribution in [0.3, 0.4) is 0 Å². The summed E-state index contributed by atoms with van der Waals surface area (Å²) >= 11 is 3.60. The zero-order valence-corrected chi connectivity index (χ0v) is 15.2. The van der Waals surface area contributed by atoms with Crippen molar-refractivity contribution in [2.24, 2.45) is 11.1 Å². The van der Waals surface area contributed by atoms with Crippen molar-refractivity contribution in [1.82, 2.24) is 9.78 Å². The van der Waals surface area contributed by atoms with E-state index in [0.717, 1.165) is 42.4 Å². The minimum Gasteiger partial charge on any atom is -0.373 e. The van der Waals surface area contributed by atoms with Gasteiger partial charge in [0.05, 0.1) is 28.0 Å². The molecule has 1 saturated carbocycles. The average molecular weight is 358 g/mol. The van der Waals surface area contributed by atoms with Gasteiger partial charge in [0.25, 0.3) is 0 Å². The van der Waals surface area contributed by atoms with E-state index in [9.17, 15) is 0 Å². The van der Waals surface area contributed by atoms with Crippen LogP contribution in [-0.4, -0.2) is 22.0 Å². The maximum absolute atomic E-state index is 6.69. The Morgan fingerprint density at radius 2 is 1.95 bits per heavy atom. The highest BCUT2D eigenvalue weighted by atomic mass is 79.9. The van der Waals surface area contributed by atoms with E-state index in [2.05, 4.69) is 48.7 Å². The van der Waals surface area contributed by atoms with Crippen molar-refractivity contribution in [2.75, 3.05) is 6.61 Å². The third-order valence-electron chi connectivity index (χ3n) is 4.88. The van der Waals surface area contributed by atoms with Gasteiger partial charge in [-0.2, -0.15) is 5.10 Å². The molecule has 1 unspecified atom stereocenters. The number of hydrogen-bond acceptors (Lipinski definition) is 3. The second kappa shape index (κ2) is 6.39. The summed E-state index contributed by atoms with van der Waals surface area (Å²) in [6.07, 6.45) is 6.16. The fourth-order valence-electron chi connectivity index (χ4n) is 3.36. The Morgan fingerprint density at radius 1 is 1.33 bits per heavy atom. The molecule has 1 aromatic rings. The number of nitrogens with zero attached hydrogens (tertiary/aromatic N) is 2. The predicted octanol–water partition coefficient (Wildman–Crippen LogP) is 4.04. The van der Waals surface area contributed by atoms with Gasteiger partial charge in [-0.3, -0.25) is 4.68 Å². The molecule has 0 radical (unpaired) electrons. The van der Waals surface area contributed by atoms with Crippen LogP contribution < -0.4 is 5.73 Å². The van der Waals surface area contributed by atoms with Gasteiger partial charge in [0.1, 0.15) is 0 Å². The van der Waals surface area contributed by atoms with Crippen molar-refractivity contribution in [2.45, 2.75) is 71.6 Å². The maximum Gasteiger partial charge on any atom is 0.0890 e. The molecule has 5 heteroatoms. The van der Waals surface area contributed by atoms with Crippen molar-refractivity contribution >= 4 is 15.9 Å². The molecule has 120 valence electrons. The summed E-state index contributed by atoms with van der Waals surface area (Å²) in [6.45, 7) is 10.3. The highest BCUT2D eigenvalue weighted by Gasteiger charge is 2.45. The van der Waals surface area contributed by atoms with Crippen LogP contribution in [0.15, 0.2) is 10.7 Å². The molecule has 0 aliphatic heterocycles. The quantitative estimate of drug-likeness (QED) is 0.864. The summed E-state index contributed by atoms with van der Waals surface area (Å²) in [5.41, 5.74) is 7.87. The molecule has 1 fully saturated rings. The Labute approximate surface area is 136 Å². The summed E-state index contributed by atoms with van der Waals surface area (Å²) in [6, 6.07) is -0.148. The maximum atomic E-state index is 6.69. The van der Waals surface area contributed by atoms with Crippen molar-refractivity contribution < 1.29 is 4.74 Å². The first-order chi connectivity index (χ1) is 9.85. The minimum absolute atomic E-state index is 0.148. The Morgan fingerprint density at radius 3 is 2.48 bits per heavy atom. The first kappa shape index (κ1) is 17.0. The van der Waals surface area contributed by atoms with E-state index >= 15 is 0 Å². The van der Waals surface area contributed by atoms with Gasteiger partial charge in [-0.1, -0.05) is 13.8 Å². The molecule has 1 aliphatic carbocycles. The summed E-state index contributed by atoms with van der Waals surface area (Å²) in [5.74, 6) is 0. The van der Waals surface area contributed by atoms with E-state index in [1.165, 1.54) is 0 Å². The predicted molar refractivity (Wildman–Crippen MR) is 89.1 cm³/mol. The minimum atomic E-state index is -0.264. The Balaban J connectivity index is 2.32. The second-order valence-electron chi connectivity index (χ2n) is 6.83. The number of aryl methyl sites for hydroxylation is 1. The van der Waals surface area contributed by atoms with Crippen LogP contribution in [0.4, 0.5) is 0 Å². The smallest absolute Gasteiger partial charge is 0.0890 e. The van der Waals surface area contributed by atoms with E-state index < -0.39 is 0 Å². The highest BCUT2D eigenvalue weighted by molar-refractivity contribution is 9.10. The van der Waals surface area contributed by atoms with Crippen LogP contribution in [0.25, 0.3) is 0 Å². The molecule has 1 aliphatic rings. The standard InChI is InChI=1S/C16H28BrN3O/c1-5-20-13(12(17)11-19-20)14(18)16(21-6-2)9-7-15(3,4)8-10-16/h11,14H,5-10,18H2,1-4H3. The molecule has 0 spiro atoms. The Bertz CT molecular complexity index is 474. The van der Waals surface area contributed by atoms with Crippen LogP contribution in [-0.2, 0) is 11.3 Å². The van der Waals surface area contributed by atoms with Crippen LogP contribution in [0.1, 0.15) is 65.1 Å². The molecule has 0 bridgehead atoms. The normalized spacial score (nSPS) is 22.2. The zero-order chi connectivity index (χ0) is 15.7. The van der Waals surface area contributed by atoms with Crippen LogP contribution in [0.2, 0.25) is 0 Å². The number of hydrogen-bond donors (Lipinski definition) is 1. The topological polar surface area (TPSA) is 53.1 Å². The highest BCUT2D eigenvalue weighted by Crippen LogP contribution is 2.47. The fraction of sp³-hybridized carbons (Fsp3) is 0.812. The number of halogens is 1. The van der Waals surface area contributed by atoms with Crippen molar-refractivity contribution in [1.29, 1.82) is 0 Å². The van der Waals surface area contributed by atoms with Crippen LogP contribution >= 0.6 is 15.9 Å². The van der Waals surface area contributed by atoms with Gasteiger partial charge in [-0.15, -0.1) is 0 Å². The first-order valence-electron chi connectivity index (χ1n) is 7.96. The van der Waals surface area contributed by atoms with Gasteiger partial charge in [-0.05, 0) is 60.9 Å². The third-order valence-corrected chi connectivity index (χ3v) is 5.49. The van der Waals surface area contributed by atoms with E-state index in [4.69, 9.17) is 10.5 Å². The number of nitrogens with two attached hydrogens (primary N) is 1. The lowest BCUT2D eigenvalue weighted by atomic mass is 9.68. The fourth-order valence-corrected chi connectivity index (χ4v) is 3.91. The van der Waals surface area contributed by atoms with E-state index in [0.29, 0.717) is 12.0 Å². The first-order valence-corrected chi connectivity index (χ1v) is 8.75. The lowest BCUT2D eigenvalue weighted by Crippen LogP contribution is -2.48. The number of ether oxygens (including phenoxy) is 1. The molecule has 2 rings (SSSR count). The average Bonchev–Trinajstić information content (AvgIpc) is 2.82. The summed E-state index contributed by atoms with van der Waals surface area (Å²) < 4.78 is 9.19. The zero-order valence-electron chi connectivity index (χ0n) is 13.7. The van der Waals surface area contributed by atoms with Crippen molar-refractivity contribution in [3.63, 3.8) is 0 Å². The Kier molecular flexibility index (Phi) is 5.16. The largest absolute Gasteiger partial charge is 0.373 e. The van der Waals surface area contributed by atoms with E-state index in [-0.39, 0.29) is 11.6 Å². The van der Waals surface area contributed by atoms with Gasteiger partial charge in [-0.25, -0.2) is 0 Å². The molecule has 0 amide bonds. The molecular weight excluding hydrogens is 330 g/mol. The lowest BCUT2D eigenvalue weighted by Gasteiger charge is -2.46. The summed E-state index contributed by atoms with van der Waals surface area (Å²) in [5, 5.41) is 4.40. The van der Waals surface area contributed by atoms with Gasteiger partial charge >= 0.3 is 0 Å². The van der Waals surface area contributed by atoms with Crippen LogP contribution in [0, 0.1) is 5.41 Å². The molecule has 1 aromatic heterocycles. The lowest BCUT2D eigenvalue weighted by molar-refractivity contribution is -0.102. The van der Waals surface area contributed by atoms with E-state index in [1.54, 1.807) is 0 Å². The third kappa shape index (κ3) is 3.35. The summed E-state index contributed by atoms with van der Waals surface area (Å²) in [4.78, 5) is 0. The molecule has 1 heterocycles. The van der Waals surface area contributed by atoms with Crippen molar-refractivity contribution in [3.05, 3.63) is 16.4 Å². The van der Waals surface area contributed by atoms with Crippen LogP contribution in [0.5, 0.6) is 0 Å². The number of aromatic nitrogens is 2. The number of rotatable bonds is 5. The Hall–Kier alpha value is -0.390. The molecule has 0 aromatic carbocycles. The van der Waals surface area contributed by atoms with Gasteiger partial charge in [0.15, 0.2) is 0 Å². The molecule has 1 atom stereocenters. The molecule has 0 saturated heterocycles. The summed E-state index contributed by atoms with van der Waals surface area (Å²) in [7, 11) is 0. The molecular formula is C16H28BrN3O. The monoisotopic (exact) mass is 357 g/mol. The molecule has 21 heavy (non-hydrogen) atoms. The van der Waals surface area contributed by atoms with Crippen molar-refractivity contribution in [3.8, 4) is 0 Å².